The van der Waals surface area contributed by atoms with E-state index in [4.69, 9.17) is 0 Å². The van der Waals surface area contributed by atoms with Crippen LogP contribution in [0, 0.1) is 11.7 Å². The Morgan fingerprint density at radius 2 is 2.36 bits per heavy atom. The monoisotopic (exact) mass is 303 g/mol. The summed E-state index contributed by atoms with van der Waals surface area (Å²) in [7, 11) is 0. The second-order valence-corrected chi connectivity index (χ2v) is 5.51. The van der Waals surface area contributed by atoms with Crippen molar-refractivity contribution in [1.82, 2.24) is 19.7 Å². The number of hydrogen-bond acceptors (Lipinski definition) is 3. The molecule has 7 heteroatoms. The number of piperidine rings is 1. The molecule has 1 atom stereocenters. The molecule has 6 nitrogen and oxygen atoms in total. The summed E-state index contributed by atoms with van der Waals surface area (Å²) in [4.78, 5) is 18.0. The number of halogens is 1. The Balaban J connectivity index is 1.58. The average Bonchev–Trinajstić information content (AvgIpc) is 3.00. The first kappa shape index (κ1) is 14.5. The van der Waals surface area contributed by atoms with Crippen LogP contribution in [0.15, 0.2) is 36.9 Å². The Hall–Kier alpha value is -2.44. The van der Waals surface area contributed by atoms with Crippen molar-refractivity contribution in [3.05, 3.63) is 42.7 Å². The molecular formula is C15H18FN5O. The molecule has 2 aromatic rings. The van der Waals surface area contributed by atoms with Gasteiger partial charge in [-0.1, -0.05) is 6.07 Å². The second kappa shape index (κ2) is 6.55. The van der Waals surface area contributed by atoms with Gasteiger partial charge in [-0.2, -0.15) is 5.10 Å². The maximum atomic E-state index is 13.2. The first-order valence-electron chi connectivity index (χ1n) is 7.34. The molecule has 1 saturated heterocycles. The molecule has 116 valence electrons. The van der Waals surface area contributed by atoms with E-state index in [-0.39, 0.29) is 11.8 Å². The predicted molar refractivity (Wildman–Crippen MR) is 79.7 cm³/mol. The van der Waals surface area contributed by atoms with Crippen molar-refractivity contribution in [2.75, 3.05) is 18.4 Å². The minimum absolute atomic E-state index is 0.186. The maximum absolute atomic E-state index is 13.2. The standard InChI is InChI=1S/C15H18FN5O/c16-13-4-1-5-14(7-13)19-15(22)20-6-2-3-12(8-20)9-21-11-17-10-18-21/h1,4-5,7,10-12H,2-3,6,8-9H2,(H,19,22). The second-order valence-electron chi connectivity index (χ2n) is 5.51. The van der Waals surface area contributed by atoms with Gasteiger partial charge < -0.3 is 10.2 Å². The Morgan fingerprint density at radius 3 is 3.14 bits per heavy atom. The molecule has 22 heavy (non-hydrogen) atoms. The van der Waals surface area contributed by atoms with E-state index in [0.717, 1.165) is 25.9 Å². The molecule has 1 N–H and O–H groups in total. The van der Waals surface area contributed by atoms with Gasteiger partial charge in [0, 0.05) is 25.3 Å². The normalized spacial score (nSPS) is 18.2. The van der Waals surface area contributed by atoms with Crippen LogP contribution in [0.3, 0.4) is 0 Å². The van der Waals surface area contributed by atoms with Gasteiger partial charge >= 0.3 is 6.03 Å². The van der Waals surface area contributed by atoms with E-state index in [9.17, 15) is 9.18 Å². The first-order chi connectivity index (χ1) is 10.7. The number of benzene rings is 1. The van der Waals surface area contributed by atoms with Crippen molar-refractivity contribution in [2.24, 2.45) is 5.92 Å². The highest BCUT2D eigenvalue weighted by Gasteiger charge is 2.24. The number of hydrogen-bond donors (Lipinski definition) is 1. The number of carbonyl (C=O) groups is 1. The van der Waals surface area contributed by atoms with Crippen LogP contribution in [0.2, 0.25) is 0 Å². The Labute approximate surface area is 128 Å². The number of aromatic nitrogens is 3. The lowest BCUT2D eigenvalue weighted by Gasteiger charge is -2.32. The lowest BCUT2D eigenvalue weighted by molar-refractivity contribution is 0.168. The molecule has 1 fully saturated rings. The molecular weight excluding hydrogens is 285 g/mol. The molecule has 0 saturated carbocycles. The van der Waals surface area contributed by atoms with E-state index in [2.05, 4.69) is 15.4 Å². The SMILES string of the molecule is O=C(Nc1cccc(F)c1)N1CCCC(Cn2cncn2)C1. The molecule has 1 aliphatic heterocycles. The summed E-state index contributed by atoms with van der Waals surface area (Å²) >= 11 is 0. The molecule has 0 aliphatic carbocycles. The van der Waals surface area contributed by atoms with Gasteiger partial charge in [0.2, 0.25) is 0 Å². The van der Waals surface area contributed by atoms with Gasteiger partial charge in [-0.05, 0) is 37.0 Å². The van der Waals surface area contributed by atoms with Gasteiger partial charge in [0.15, 0.2) is 0 Å². The van der Waals surface area contributed by atoms with Crippen LogP contribution in [0.5, 0.6) is 0 Å². The molecule has 1 aromatic carbocycles. The number of urea groups is 1. The number of nitrogens with zero attached hydrogens (tertiary/aromatic N) is 4. The van der Waals surface area contributed by atoms with Crippen LogP contribution >= 0.6 is 0 Å². The first-order valence-corrected chi connectivity index (χ1v) is 7.34. The summed E-state index contributed by atoms with van der Waals surface area (Å²) in [6, 6.07) is 5.74. The summed E-state index contributed by atoms with van der Waals surface area (Å²) in [6.45, 7) is 2.14. The third-order valence-electron chi connectivity index (χ3n) is 3.79. The zero-order chi connectivity index (χ0) is 15.4. The van der Waals surface area contributed by atoms with Gasteiger partial charge in [0.1, 0.15) is 18.5 Å². The average molecular weight is 303 g/mol. The van der Waals surface area contributed by atoms with Gasteiger partial charge in [-0.25, -0.2) is 14.2 Å². The zero-order valence-corrected chi connectivity index (χ0v) is 12.2. The van der Waals surface area contributed by atoms with Gasteiger partial charge in [0.25, 0.3) is 0 Å². The fourth-order valence-corrected chi connectivity index (χ4v) is 2.76. The molecule has 1 aromatic heterocycles. The molecule has 0 radical (unpaired) electrons. The topological polar surface area (TPSA) is 63.1 Å². The van der Waals surface area contributed by atoms with E-state index in [1.165, 1.54) is 18.5 Å². The largest absolute Gasteiger partial charge is 0.324 e. The zero-order valence-electron chi connectivity index (χ0n) is 12.2. The summed E-state index contributed by atoms with van der Waals surface area (Å²) < 4.78 is 14.9. The quantitative estimate of drug-likeness (QED) is 0.947. The van der Waals surface area contributed by atoms with Crippen molar-refractivity contribution in [3.8, 4) is 0 Å². The van der Waals surface area contributed by atoms with E-state index < -0.39 is 0 Å². The molecule has 0 bridgehead atoms. The van der Waals surface area contributed by atoms with Crippen LogP contribution in [0.25, 0.3) is 0 Å². The van der Waals surface area contributed by atoms with Crippen LogP contribution in [0.4, 0.5) is 14.9 Å². The lowest BCUT2D eigenvalue weighted by atomic mass is 9.98. The van der Waals surface area contributed by atoms with Crippen LogP contribution < -0.4 is 5.32 Å². The van der Waals surface area contributed by atoms with Gasteiger partial charge in [-0.15, -0.1) is 0 Å². The molecule has 2 amide bonds. The smallest absolute Gasteiger partial charge is 0.321 e. The summed E-state index contributed by atoms with van der Waals surface area (Å²) in [5.74, 6) is -0.00536. The summed E-state index contributed by atoms with van der Waals surface area (Å²) in [6.07, 6.45) is 5.21. The van der Waals surface area contributed by atoms with Crippen molar-refractivity contribution < 1.29 is 9.18 Å². The number of likely N-dealkylation sites (tertiary alicyclic amines) is 1. The molecule has 1 aliphatic rings. The number of amides is 2. The maximum Gasteiger partial charge on any atom is 0.321 e. The number of nitrogens with one attached hydrogen (secondary N) is 1. The van der Waals surface area contributed by atoms with E-state index in [1.807, 2.05) is 0 Å². The molecule has 1 unspecified atom stereocenters. The highest BCUT2D eigenvalue weighted by atomic mass is 19.1. The van der Waals surface area contributed by atoms with Crippen molar-refractivity contribution in [3.63, 3.8) is 0 Å². The number of anilines is 1. The Morgan fingerprint density at radius 1 is 1.45 bits per heavy atom. The minimum Gasteiger partial charge on any atom is -0.324 e. The fraction of sp³-hybridized carbons (Fsp3) is 0.400. The van der Waals surface area contributed by atoms with Crippen LogP contribution in [0.1, 0.15) is 12.8 Å². The van der Waals surface area contributed by atoms with Crippen molar-refractivity contribution >= 4 is 11.7 Å². The third-order valence-corrected chi connectivity index (χ3v) is 3.79. The van der Waals surface area contributed by atoms with Gasteiger partial charge in [0.05, 0.1) is 0 Å². The highest BCUT2D eigenvalue weighted by molar-refractivity contribution is 5.89. The molecule has 2 heterocycles. The van der Waals surface area contributed by atoms with Gasteiger partial charge in [-0.3, -0.25) is 4.68 Å². The molecule has 3 rings (SSSR count). The fourth-order valence-electron chi connectivity index (χ4n) is 2.76. The van der Waals surface area contributed by atoms with E-state index in [1.54, 1.807) is 28.0 Å². The van der Waals surface area contributed by atoms with Crippen molar-refractivity contribution in [1.29, 1.82) is 0 Å². The Kier molecular flexibility index (Phi) is 4.32. The number of rotatable bonds is 3. The van der Waals surface area contributed by atoms with Crippen LogP contribution in [-0.2, 0) is 6.54 Å². The third kappa shape index (κ3) is 3.60. The van der Waals surface area contributed by atoms with Crippen molar-refractivity contribution in [2.45, 2.75) is 19.4 Å². The van der Waals surface area contributed by atoms with Crippen LogP contribution in [-0.4, -0.2) is 38.8 Å². The number of carbonyl (C=O) groups excluding carboxylic acids is 1. The minimum atomic E-state index is -0.361. The Bertz CT molecular complexity index is 631. The highest BCUT2D eigenvalue weighted by Crippen LogP contribution is 2.19. The van der Waals surface area contributed by atoms with E-state index >= 15 is 0 Å². The molecule has 0 spiro atoms. The van der Waals surface area contributed by atoms with E-state index in [0.29, 0.717) is 18.2 Å². The lowest BCUT2D eigenvalue weighted by Crippen LogP contribution is -2.43. The summed E-state index contributed by atoms with van der Waals surface area (Å²) in [5, 5.41) is 6.85. The summed E-state index contributed by atoms with van der Waals surface area (Å²) in [5.41, 5.74) is 0.475. The predicted octanol–water partition coefficient (Wildman–Crippen LogP) is 2.36.